The largest absolute Gasteiger partial charge is 0 e. The third kappa shape index (κ3) is 38.9. The number of hydrogen-bond donors (Lipinski definition) is 0. The topological polar surface area (TPSA) is 0 Å². The molecule has 0 fully saturated rings. The van der Waals surface area contributed by atoms with Crippen molar-refractivity contribution in [2.24, 2.45) is 0 Å². The van der Waals surface area contributed by atoms with E-state index in [1.165, 1.54) is 0 Å². The Kier molecular flexibility index (Phi) is 53.5. The summed E-state index contributed by atoms with van der Waals surface area (Å²) in [5, 5.41) is 0. The van der Waals surface area contributed by atoms with Gasteiger partial charge < -0.3 is 0 Å². The van der Waals surface area contributed by atoms with Gasteiger partial charge in [-0.25, -0.2) is 0 Å². The van der Waals surface area contributed by atoms with Crippen molar-refractivity contribution in [1.82, 2.24) is 0 Å². The average Bonchev–Trinajstić information content (AvgIpc) is 0.811. The van der Waals surface area contributed by atoms with Crippen LogP contribution >= 0.6 is 0 Å². The molecule has 0 spiro atoms. The average molecular weight is 518 g/mol. The van der Waals surface area contributed by atoms with E-state index in [4.69, 9.17) is 0 Å². The van der Waals surface area contributed by atoms with Gasteiger partial charge in [0.25, 0.3) is 0 Å². The standard InChI is InChI=1S/3CH2.Bi.3Y/h3*1H2;;;;/q3*-1;;;;. The molecule has 0 atom stereocenters. The Labute approximate surface area is 130 Å². The quantitative estimate of drug-likeness (QED) is 0.326. The molecule has 0 bridgehead atoms. The second-order valence-corrected chi connectivity index (χ2v) is 5.89. The van der Waals surface area contributed by atoms with E-state index in [1.807, 2.05) is 0 Å². The van der Waals surface area contributed by atoms with Gasteiger partial charge in [-0.3, -0.25) is 0 Å². The maximum Gasteiger partial charge on any atom is 0 e. The molecular formula is C3H6BiY3-3. The summed E-state index contributed by atoms with van der Waals surface area (Å²) in [5.41, 5.74) is 0. The van der Waals surface area contributed by atoms with Gasteiger partial charge in [0.05, 0.1) is 0 Å². The normalized spacial score (nSPS) is 5.14. The summed E-state index contributed by atoms with van der Waals surface area (Å²) in [5.74, 6) is 0. The molecule has 0 nitrogen and oxygen atoms in total. The van der Waals surface area contributed by atoms with Gasteiger partial charge in [-0.2, -0.15) is 0 Å². The Bertz CT molecular complexity index is 14.9. The van der Waals surface area contributed by atoms with Crippen LogP contribution in [0.2, 0.25) is 0 Å². The Morgan fingerprint density at radius 1 is 0.714 bits per heavy atom. The fraction of sp³-hybridized carbons (Fsp3) is 0. The van der Waals surface area contributed by atoms with Gasteiger partial charge in [-0.15, -0.1) is 0 Å². The van der Waals surface area contributed by atoms with E-state index in [9.17, 15) is 0 Å². The van der Waals surface area contributed by atoms with Crippen LogP contribution in [-0.4, -0.2) is 21.8 Å². The molecule has 0 aromatic rings. The molecule has 7 heavy (non-hydrogen) atoms. The SMILES string of the molecule is [CH2-][Bi]([CH2-])[CH2-].[Y].[Y].[Y]. The van der Waals surface area contributed by atoms with Gasteiger partial charge in [0.15, 0.2) is 0 Å². The van der Waals surface area contributed by atoms with Gasteiger partial charge in [-0.05, 0) is 0 Å². The zero-order valence-electron chi connectivity index (χ0n) is 4.30. The van der Waals surface area contributed by atoms with Crippen molar-refractivity contribution in [2.75, 3.05) is 0 Å². The Morgan fingerprint density at radius 2 is 0.714 bits per heavy atom. The maximum absolute atomic E-state index is 3.62. The van der Waals surface area contributed by atoms with Gasteiger partial charge in [0.1, 0.15) is 0 Å². The van der Waals surface area contributed by atoms with Crippen LogP contribution in [0.15, 0.2) is 0 Å². The van der Waals surface area contributed by atoms with Crippen LogP contribution in [0.3, 0.4) is 0 Å². The monoisotopic (exact) mass is 518 g/mol. The van der Waals surface area contributed by atoms with Gasteiger partial charge in [-0.1, -0.05) is 0 Å². The molecular weight excluding hydrogens is 512 g/mol. The van der Waals surface area contributed by atoms with Crippen molar-refractivity contribution in [2.45, 2.75) is 0 Å². The zero-order chi connectivity index (χ0) is 3.58. The molecule has 0 aromatic carbocycles. The molecule has 0 aliphatic rings. The fourth-order valence-electron chi connectivity index (χ4n) is 0. The summed E-state index contributed by atoms with van der Waals surface area (Å²) in [4.78, 5) is 0. The Hall–Kier alpha value is 4.19. The second-order valence-electron chi connectivity index (χ2n) is 0.671. The van der Waals surface area contributed by atoms with Crippen molar-refractivity contribution >= 4 is 21.8 Å². The predicted molar refractivity (Wildman–Crippen MR) is 21.8 cm³/mol. The molecule has 0 saturated heterocycles. The van der Waals surface area contributed by atoms with Crippen LogP contribution in [0.1, 0.15) is 0 Å². The zero-order valence-corrected chi connectivity index (χ0v) is 16.3. The van der Waals surface area contributed by atoms with E-state index in [2.05, 4.69) is 13.9 Å². The molecule has 0 N–H and O–H groups in total. The number of hydrogen-bond acceptors (Lipinski definition) is 0. The predicted octanol–water partition coefficient (Wildman–Crippen LogP) is 0.594. The molecule has 0 unspecified atom stereocenters. The third-order valence-corrected chi connectivity index (χ3v) is 0. The summed E-state index contributed by atoms with van der Waals surface area (Å²) >= 11 is -1.34. The van der Waals surface area contributed by atoms with E-state index in [-0.39, 0.29) is 98.1 Å². The van der Waals surface area contributed by atoms with Crippen molar-refractivity contribution in [3.05, 3.63) is 13.9 Å². The van der Waals surface area contributed by atoms with Crippen LogP contribution < -0.4 is 0 Å². The fourth-order valence-corrected chi connectivity index (χ4v) is 0. The van der Waals surface area contributed by atoms with Crippen LogP contribution in [0.4, 0.5) is 0 Å². The molecule has 0 amide bonds. The molecule has 3 radical (unpaired) electrons. The Balaban J connectivity index is -0.0000000150. The first kappa shape index (κ1) is 22.5. The van der Waals surface area contributed by atoms with E-state index in [0.29, 0.717) is 0 Å². The van der Waals surface area contributed by atoms with Gasteiger partial charge in [0.2, 0.25) is 0 Å². The first-order valence-corrected chi connectivity index (χ1v) is 8.32. The molecule has 0 rings (SSSR count). The summed E-state index contributed by atoms with van der Waals surface area (Å²) in [7, 11) is 0. The minimum absolute atomic E-state index is 0. The molecule has 0 aliphatic heterocycles. The third-order valence-electron chi connectivity index (χ3n) is 0. The smallest absolute Gasteiger partial charge is 0 e. The van der Waals surface area contributed by atoms with Gasteiger partial charge in [0, 0.05) is 98.1 Å². The molecule has 0 saturated carbocycles. The molecule has 0 heterocycles. The van der Waals surface area contributed by atoms with Gasteiger partial charge >= 0.3 is 35.6 Å². The van der Waals surface area contributed by atoms with E-state index >= 15 is 0 Å². The first-order valence-electron chi connectivity index (χ1n) is 0.949. The minimum Gasteiger partial charge on any atom is 0 e. The molecule has 4 heteroatoms. The molecule has 35 valence electrons. The van der Waals surface area contributed by atoms with Crippen molar-refractivity contribution in [3.63, 3.8) is 0 Å². The van der Waals surface area contributed by atoms with Crippen LogP contribution in [0, 0.1) is 13.9 Å². The van der Waals surface area contributed by atoms with Crippen molar-refractivity contribution in [3.8, 4) is 0 Å². The Morgan fingerprint density at radius 3 is 0.714 bits per heavy atom. The van der Waals surface area contributed by atoms with E-state index in [1.54, 1.807) is 0 Å². The van der Waals surface area contributed by atoms with Crippen LogP contribution in [-0.2, 0) is 98.1 Å². The summed E-state index contributed by atoms with van der Waals surface area (Å²) in [6.45, 7) is 0. The summed E-state index contributed by atoms with van der Waals surface area (Å²) < 4.78 is 10.9. The molecule has 0 aromatic heterocycles. The molecule has 0 aliphatic carbocycles. The summed E-state index contributed by atoms with van der Waals surface area (Å²) in [6, 6.07) is 0. The maximum atomic E-state index is 3.62. The number of rotatable bonds is 0. The van der Waals surface area contributed by atoms with Crippen LogP contribution in [0.25, 0.3) is 0 Å². The summed E-state index contributed by atoms with van der Waals surface area (Å²) in [6.07, 6.45) is 0. The van der Waals surface area contributed by atoms with Crippen molar-refractivity contribution in [1.29, 1.82) is 0 Å². The van der Waals surface area contributed by atoms with Crippen LogP contribution in [0.5, 0.6) is 0 Å². The van der Waals surface area contributed by atoms with E-state index in [0.717, 1.165) is 0 Å². The second kappa shape index (κ2) is 16.7. The first-order chi connectivity index (χ1) is 1.73. The minimum atomic E-state index is -1.34. The van der Waals surface area contributed by atoms with Crippen molar-refractivity contribution < 1.29 is 98.1 Å². The van der Waals surface area contributed by atoms with E-state index < -0.39 is 21.8 Å².